The van der Waals surface area contributed by atoms with E-state index in [1.165, 1.54) is 24.4 Å². The molecule has 8 nitrogen and oxygen atoms in total. The third-order valence-electron chi connectivity index (χ3n) is 3.36. The van der Waals surface area contributed by atoms with Crippen LogP contribution in [-0.2, 0) is 0 Å². The van der Waals surface area contributed by atoms with Gasteiger partial charge in [-0.2, -0.15) is 0 Å². The molecule has 0 fully saturated rings. The summed E-state index contributed by atoms with van der Waals surface area (Å²) < 4.78 is 41.6. The quantitative estimate of drug-likeness (QED) is 0.611. The molecule has 0 radical (unpaired) electrons. The number of pyridine rings is 1. The van der Waals surface area contributed by atoms with Crippen molar-refractivity contribution in [2.24, 2.45) is 0 Å². The fourth-order valence-electron chi connectivity index (χ4n) is 2.27. The lowest BCUT2D eigenvalue weighted by molar-refractivity contribution is -0.274. The molecule has 0 atom stereocenters. The van der Waals surface area contributed by atoms with E-state index >= 15 is 0 Å². The van der Waals surface area contributed by atoms with Crippen LogP contribution in [0.5, 0.6) is 5.75 Å². The van der Waals surface area contributed by atoms with Crippen LogP contribution in [0.1, 0.15) is 6.92 Å². The molecule has 146 valence electrons. The van der Waals surface area contributed by atoms with E-state index in [4.69, 9.17) is 0 Å². The fourth-order valence-corrected chi connectivity index (χ4v) is 2.27. The molecule has 0 aliphatic carbocycles. The van der Waals surface area contributed by atoms with Gasteiger partial charge < -0.3 is 15.4 Å². The number of halogens is 3. The zero-order valence-corrected chi connectivity index (χ0v) is 14.5. The Kier molecular flexibility index (Phi) is 5.43. The number of alkyl halides is 3. The van der Waals surface area contributed by atoms with E-state index in [2.05, 4.69) is 35.6 Å². The number of anilines is 3. The van der Waals surface area contributed by atoms with Crippen molar-refractivity contribution in [2.45, 2.75) is 13.3 Å². The fraction of sp³-hybridized carbons (Fsp3) is 0.176. The second-order valence-electron chi connectivity index (χ2n) is 5.45. The lowest BCUT2D eigenvalue weighted by Crippen LogP contribution is -2.28. The molecule has 0 aliphatic rings. The van der Waals surface area contributed by atoms with Crippen molar-refractivity contribution in [1.29, 1.82) is 0 Å². The zero-order valence-electron chi connectivity index (χ0n) is 14.5. The summed E-state index contributed by atoms with van der Waals surface area (Å²) in [5.41, 5.74) is 0.713. The van der Waals surface area contributed by atoms with Crippen LogP contribution >= 0.6 is 0 Å². The molecule has 0 saturated carbocycles. The van der Waals surface area contributed by atoms with Gasteiger partial charge in [-0.3, -0.25) is 5.32 Å². The molecule has 3 N–H and O–H groups in total. The Bertz CT molecular complexity index is 996. The molecule has 1 aromatic carbocycles. The Hall–Kier alpha value is -3.63. The minimum absolute atomic E-state index is 0.0603. The first-order chi connectivity index (χ1) is 13.3. The van der Waals surface area contributed by atoms with E-state index in [-0.39, 0.29) is 23.0 Å². The molecule has 3 rings (SSSR count). The smallest absolute Gasteiger partial charge is 0.404 e. The lowest BCUT2D eigenvalue weighted by Gasteiger charge is -2.14. The SMILES string of the molecule is CCNC(=O)Nc1ccc2ncc(Nc3ccccc3OC(F)(F)F)nc2n1. The van der Waals surface area contributed by atoms with Crippen LogP contribution in [0.15, 0.2) is 42.6 Å². The molecule has 0 unspecified atom stereocenters. The van der Waals surface area contributed by atoms with Crippen molar-refractivity contribution in [1.82, 2.24) is 20.3 Å². The highest BCUT2D eigenvalue weighted by Crippen LogP contribution is 2.31. The average Bonchev–Trinajstić information content (AvgIpc) is 2.62. The molecular formula is C17H15F3N6O2. The number of carbonyl (C=O) groups excluding carboxylic acids is 1. The number of ether oxygens (including phenoxy) is 1. The highest BCUT2D eigenvalue weighted by molar-refractivity contribution is 5.89. The Balaban J connectivity index is 1.85. The van der Waals surface area contributed by atoms with Crippen molar-refractivity contribution in [3.63, 3.8) is 0 Å². The lowest BCUT2D eigenvalue weighted by atomic mass is 10.3. The molecule has 2 amide bonds. The molecule has 2 heterocycles. The largest absolute Gasteiger partial charge is 0.573 e. The van der Waals surface area contributed by atoms with Gasteiger partial charge in [-0.05, 0) is 31.2 Å². The Labute approximate surface area is 157 Å². The van der Waals surface area contributed by atoms with E-state index in [1.807, 2.05) is 0 Å². The molecule has 0 aliphatic heterocycles. The number of hydrogen-bond acceptors (Lipinski definition) is 6. The van der Waals surface area contributed by atoms with E-state index in [0.29, 0.717) is 12.1 Å². The molecule has 3 aromatic rings. The monoisotopic (exact) mass is 392 g/mol. The van der Waals surface area contributed by atoms with Crippen LogP contribution in [0.2, 0.25) is 0 Å². The minimum atomic E-state index is -4.83. The average molecular weight is 392 g/mol. The Morgan fingerprint density at radius 3 is 2.61 bits per heavy atom. The maximum Gasteiger partial charge on any atom is 0.573 e. The van der Waals surface area contributed by atoms with Crippen molar-refractivity contribution in [3.8, 4) is 5.75 Å². The van der Waals surface area contributed by atoms with Crippen molar-refractivity contribution in [3.05, 3.63) is 42.6 Å². The number of amides is 2. The van der Waals surface area contributed by atoms with Gasteiger partial charge in [0.05, 0.1) is 11.9 Å². The van der Waals surface area contributed by atoms with E-state index < -0.39 is 18.1 Å². The van der Waals surface area contributed by atoms with E-state index in [9.17, 15) is 18.0 Å². The Morgan fingerprint density at radius 1 is 1.11 bits per heavy atom. The van der Waals surface area contributed by atoms with Gasteiger partial charge in [0.2, 0.25) is 0 Å². The third-order valence-corrected chi connectivity index (χ3v) is 3.36. The number of benzene rings is 1. The van der Waals surface area contributed by atoms with Gasteiger partial charge >= 0.3 is 12.4 Å². The number of nitrogens with one attached hydrogen (secondary N) is 3. The van der Waals surface area contributed by atoms with Crippen LogP contribution in [0.3, 0.4) is 0 Å². The van der Waals surface area contributed by atoms with E-state index in [1.54, 1.807) is 25.1 Å². The first-order valence-corrected chi connectivity index (χ1v) is 8.14. The summed E-state index contributed by atoms with van der Waals surface area (Å²) in [5.74, 6) is 0.00981. The molecular weight excluding hydrogens is 377 g/mol. The van der Waals surface area contributed by atoms with Crippen molar-refractivity contribution in [2.75, 3.05) is 17.2 Å². The number of aromatic nitrogens is 3. The first-order valence-electron chi connectivity index (χ1n) is 8.14. The normalized spacial score (nSPS) is 11.1. The van der Waals surface area contributed by atoms with Crippen molar-refractivity contribution >= 4 is 34.5 Å². The van der Waals surface area contributed by atoms with Gasteiger partial charge in [0, 0.05) is 6.54 Å². The summed E-state index contributed by atoms with van der Waals surface area (Å²) in [7, 11) is 0. The van der Waals surface area contributed by atoms with Gasteiger partial charge in [-0.25, -0.2) is 19.7 Å². The maximum absolute atomic E-state index is 12.5. The number of fused-ring (bicyclic) bond motifs is 1. The van der Waals surface area contributed by atoms with Crippen LogP contribution < -0.4 is 20.7 Å². The number of nitrogens with zero attached hydrogens (tertiary/aromatic N) is 3. The summed E-state index contributed by atoms with van der Waals surface area (Å²) in [6.45, 7) is 2.23. The van der Waals surface area contributed by atoms with Gasteiger partial charge in [-0.1, -0.05) is 12.1 Å². The second-order valence-corrected chi connectivity index (χ2v) is 5.45. The molecule has 2 aromatic heterocycles. The molecule has 28 heavy (non-hydrogen) atoms. The van der Waals surface area contributed by atoms with Crippen LogP contribution in [0.25, 0.3) is 11.2 Å². The molecule has 0 bridgehead atoms. The minimum Gasteiger partial charge on any atom is -0.404 e. The topological polar surface area (TPSA) is 101 Å². The number of carbonyl (C=O) groups is 1. The number of urea groups is 1. The van der Waals surface area contributed by atoms with Crippen molar-refractivity contribution < 1.29 is 22.7 Å². The second kappa shape index (κ2) is 7.94. The van der Waals surface area contributed by atoms with Gasteiger partial charge in [0.25, 0.3) is 0 Å². The third kappa shape index (κ3) is 4.96. The predicted octanol–water partition coefficient (Wildman–Crippen LogP) is 3.81. The number of hydrogen-bond donors (Lipinski definition) is 3. The van der Waals surface area contributed by atoms with Gasteiger partial charge in [0.1, 0.15) is 11.3 Å². The highest BCUT2D eigenvalue weighted by Gasteiger charge is 2.32. The van der Waals surface area contributed by atoms with Crippen LogP contribution in [0.4, 0.5) is 35.3 Å². The Morgan fingerprint density at radius 2 is 1.86 bits per heavy atom. The maximum atomic E-state index is 12.5. The predicted molar refractivity (Wildman–Crippen MR) is 96.4 cm³/mol. The summed E-state index contributed by atoms with van der Waals surface area (Å²) in [6, 6.07) is 8.30. The highest BCUT2D eigenvalue weighted by atomic mass is 19.4. The standard InChI is InChI=1S/C17H15F3N6O2/c1-2-21-16(27)26-13-8-7-11-15(24-13)25-14(9-22-11)23-10-5-3-4-6-12(10)28-17(18,19)20/h3-9H,2H2,1H3,(H3,21,23,24,25,26,27). The first kappa shape index (κ1) is 19.1. The summed E-state index contributed by atoms with van der Waals surface area (Å²) in [5, 5.41) is 7.84. The van der Waals surface area contributed by atoms with Gasteiger partial charge in [0.15, 0.2) is 17.2 Å². The van der Waals surface area contributed by atoms with Crippen LogP contribution in [0, 0.1) is 0 Å². The van der Waals surface area contributed by atoms with Gasteiger partial charge in [-0.15, -0.1) is 13.2 Å². The van der Waals surface area contributed by atoms with Crippen LogP contribution in [-0.4, -0.2) is 33.9 Å². The van der Waals surface area contributed by atoms with E-state index in [0.717, 1.165) is 0 Å². The summed E-state index contributed by atoms with van der Waals surface area (Å²) >= 11 is 0. The molecule has 11 heteroatoms. The summed E-state index contributed by atoms with van der Waals surface area (Å²) in [4.78, 5) is 24.2. The number of para-hydroxylation sites is 2. The molecule has 0 saturated heterocycles. The number of rotatable bonds is 5. The molecule has 0 spiro atoms. The zero-order chi connectivity index (χ0) is 20.1. The summed E-state index contributed by atoms with van der Waals surface area (Å²) in [6.07, 6.45) is -3.47.